The molecule has 2 rings (SSSR count). The first kappa shape index (κ1) is 12.8. The van der Waals surface area contributed by atoms with Gasteiger partial charge in [0, 0.05) is 11.1 Å². The first-order valence-corrected chi connectivity index (χ1v) is 7.55. The molecule has 1 aromatic carbocycles. The van der Waals surface area contributed by atoms with Crippen LogP contribution in [0.4, 0.5) is 10.8 Å². The molecule has 0 aliphatic carbocycles. The molecule has 0 amide bonds. The summed E-state index contributed by atoms with van der Waals surface area (Å²) < 4.78 is 26.7. The van der Waals surface area contributed by atoms with Gasteiger partial charge in [-0.2, -0.15) is 0 Å². The van der Waals surface area contributed by atoms with Crippen LogP contribution in [-0.2, 0) is 10.0 Å². The minimum absolute atomic E-state index is 0.146. The number of sulfonamides is 1. The Morgan fingerprint density at radius 1 is 1.28 bits per heavy atom. The summed E-state index contributed by atoms with van der Waals surface area (Å²) in [4.78, 5) is 4.21. The van der Waals surface area contributed by atoms with Crippen molar-refractivity contribution in [3.05, 3.63) is 34.8 Å². The Balaban J connectivity index is 2.36. The molecule has 96 valence electrons. The molecule has 0 fully saturated rings. The number of hydrogen-bond donors (Lipinski definition) is 2. The van der Waals surface area contributed by atoms with Gasteiger partial charge in [-0.1, -0.05) is 0 Å². The van der Waals surface area contributed by atoms with E-state index in [2.05, 4.69) is 9.71 Å². The van der Waals surface area contributed by atoms with E-state index in [0.717, 1.165) is 11.3 Å². The largest absolute Gasteiger partial charge is 0.399 e. The quantitative estimate of drug-likeness (QED) is 0.845. The summed E-state index contributed by atoms with van der Waals surface area (Å²) in [6.07, 6.45) is 0. The summed E-state index contributed by atoms with van der Waals surface area (Å²) in [5.74, 6) is 0. The third-order valence-corrected chi connectivity index (χ3v) is 4.55. The number of aryl methyl sites for hydroxylation is 2. The van der Waals surface area contributed by atoms with Crippen molar-refractivity contribution in [2.45, 2.75) is 18.7 Å². The molecule has 1 aromatic heterocycles. The maximum Gasteiger partial charge on any atom is 0.263 e. The predicted octanol–water partition coefficient (Wildman–Crippen LogP) is 2.14. The zero-order chi connectivity index (χ0) is 13.3. The molecule has 5 nitrogen and oxygen atoms in total. The summed E-state index contributed by atoms with van der Waals surface area (Å²) in [7, 11) is -3.63. The van der Waals surface area contributed by atoms with E-state index in [0.29, 0.717) is 10.8 Å². The van der Waals surface area contributed by atoms with Crippen LogP contribution in [0.25, 0.3) is 0 Å². The lowest BCUT2D eigenvalue weighted by Crippen LogP contribution is -2.13. The fourth-order valence-corrected chi connectivity index (χ4v) is 3.59. The molecule has 0 bridgehead atoms. The highest BCUT2D eigenvalue weighted by molar-refractivity contribution is 7.93. The van der Waals surface area contributed by atoms with Gasteiger partial charge in [0.25, 0.3) is 10.0 Å². The molecule has 0 spiro atoms. The lowest BCUT2D eigenvalue weighted by Gasteiger charge is -2.07. The number of anilines is 2. The maximum atomic E-state index is 12.1. The molecule has 0 saturated heterocycles. The molecule has 0 unspecified atom stereocenters. The maximum absolute atomic E-state index is 12.1. The van der Waals surface area contributed by atoms with Gasteiger partial charge in [0.2, 0.25) is 0 Å². The Morgan fingerprint density at radius 2 is 2.00 bits per heavy atom. The SMILES string of the molecule is Cc1cc(N)cc(S(=O)(=O)Nc2nc(C)cs2)c1. The average molecular weight is 283 g/mol. The van der Waals surface area contributed by atoms with Crippen molar-refractivity contribution in [3.8, 4) is 0 Å². The molecule has 0 radical (unpaired) electrons. The van der Waals surface area contributed by atoms with Crippen molar-refractivity contribution in [2.75, 3.05) is 10.5 Å². The molecule has 18 heavy (non-hydrogen) atoms. The zero-order valence-corrected chi connectivity index (χ0v) is 11.6. The molecule has 2 aromatic rings. The van der Waals surface area contributed by atoms with E-state index in [9.17, 15) is 8.42 Å². The molecule has 7 heteroatoms. The van der Waals surface area contributed by atoms with Gasteiger partial charge in [-0.05, 0) is 37.6 Å². The predicted molar refractivity (Wildman–Crippen MR) is 73.3 cm³/mol. The summed E-state index contributed by atoms with van der Waals surface area (Å²) in [5, 5.41) is 2.13. The Hall–Kier alpha value is -1.60. The van der Waals surface area contributed by atoms with E-state index < -0.39 is 10.0 Å². The van der Waals surface area contributed by atoms with Gasteiger partial charge in [-0.15, -0.1) is 11.3 Å². The lowest BCUT2D eigenvalue weighted by atomic mass is 10.2. The van der Waals surface area contributed by atoms with Crippen molar-refractivity contribution >= 4 is 32.2 Å². The first-order chi connectivity index (χ1) is 8.37. The average Bonchev–Trinajstić information content (AvgIpc) is 2.61. The first-order valence-electron chi connectivity index (χ1n) is 5.19. The van der Waals surface area contributed by atoms with Crippen LogP contribution < -0.4 is 10.5 Å². The number of aromatic nitrogens is 1. The van der Waals surface area contributed by atoms with Crippen LogP contribution in [0.15, 0.2) is 28.5 Å². The second-order valence-electron chi connectivity index (χ2n) is 3.98. The summed E-state index contributed by atoms with van der Waals surface area (Å²) >= 11 is 1.25. The second kappa shape index (κ2) is 4.58. The van der Waals surface area contributed by atoms with Crippen molar-refractivity contribution in [1.29, 1.82) is 0 Å². The smallest absolute Gasteiger partial charge is 0.263 e. The van der Waals surface area contributed by atoms with Gasteiger partial charge >= 0.3 is 0 Å². The lowest BCUT2D eigenvalue weighted by molar-refractivity contribution is 0.601. The topological polar surface area (TPSA) is 85.1 Å². The minimum atomic E-state index is -3.63. The Bertz CT molecular complexity index is 657. The standard InChI is InChI=1S/C11H13N3O2S2/c1-7-3-9(12)5-10(4-7)18(15,16)14-11-13-8(2)6-17-11/h3-6H,12H2,1-2H3,(H,13,14). The molecule has 0 aliphatic rings. The second-order valence-corrected chi connectivity index (χ2v) is 6.52. The van der Waals surface area contributed by atoms with Crippen molar-refractivity contribution in [2.24, 2.45) is 0 Å². The van der Waals surface area contributed by atoms with Crippen molar-refractivity contribution in [1.82, 2.24) is 4.98 Å². The van der Waals surface area contributed by atoms with Gasteiger partial charge in [-0.25, -0.2) is 13.4 Å². The number of rotatable bonds is 3. The van der Waals surface area contributed by atoms with E-state index in [1.807, 2.05) is 0 Å². The summed E-state index contributed by atoms with van der Waals surface area (Å²) in [6.45, 7) is 3.60. The molecule has 0 atom stereocenters. The Morgan fingerprint density at radius 3 is 2.56 bits per heavy atom. The number of nitrogens with zero attached hydrogens (tertiary/aromatic N) is 1. The van der Waals surface area contributed by atoms with Crippen LogP contribution in [0, 0.1) is 13.8 Å². The number of nitrogens with two attached hydrogens (primary N) is 1. The number of thiazole rings is 1. The van der Waals surface area contributed by atoms with Crippen molar-refractivity contribution in [3.63, 3.8) is 0 Å². The monoisotopic (exact) mass is 283 g/mol. The highest BCUT2D eigenvalue weighted by Gasteiger charge is 2.16. The van der Waals surface area contributed by atoms with Crippen LogP contribution in [0.2, 0.25) is 0 Å². The fourth-order valence-electron chi connectivity index (χ4n) is 1.51. The van der Waals surface area contributed by atoms with Gasteiger partial charge in [0.1, 0.15) is 0 Å². The van der Waals surface area contributed by atoms with Crippen molar-refractivity contribution < 1.29 is 8.42 Å². The van der Waals surface area contributed by atoms with Crippen LogP contribution in [0.1, 0.15) is 11.3 Å². The number of hydrogen-bond acceptors (Lipinski definition) is 5. The van der Waals surface area contributed by atoms with Crippen LogP contribution >= 0.6 is 11.3 Å². The number of nitrogen functional groups attached to an aromatic ring is 1. The fraction of sp³-hybridized carbons (Fsp3) is 0.182. The van der Waals surface area contributed by atoms with Crippen LogP contribution in [0.3, 0.4) is 0 Å². The van der Waals surface area contributed by atoms with Gasteiger partial charge in [0.15, 0.2) is 5.13 Å². The number of benzene rings is 1. The van der Waals surface area contributed by atoms with E-state index in [4.69, 9.17) is 5.73 Å². The molecule has 0 saturated carbocycles. The molecular formula is C11H13N3O2S2. The highest BCUT2D eigenvalue weighted by Crippen LogP contribution is 2.22. The van der Waals surface area contributed by atoms with E-state index in [-0.39, 0.29) is 4.90 Å². The molecular weight excluding hydrogens is 270 g/mol. The van der Waals surface area contributed by atoms with Crippen LogP contribution in [-0.4, -0.2) is 13.4 Å². The normalized spacial score (nSPS) is 11.4. The molecule has 1 heterocycles. The third kappa shape index (κ3) is 2.80. The Kier molecular flexibility index (Phi) is 3.27. The zero-order valence-electron chi connectivity index (χ0n) is 9.97. The highest BCUT2D eigenvalue weighted by atomic mass is 32.2. The van der Waals surface area contributed by atoms with Gasteiger partial charge < -0.3 is 5.73 Å². The molecule has 3 N–H and O–H groups in total. The molecule has 0 aliphatic heterocycles. The van der Waals surface area contributed by atoms with Gasteiger partial charge in [-0.3, -0.25) is 4.72 Å². The van der Waals surface area contributed by atoms with Gasteiger partial charge in [0.05, 0.1) is 10.6 Å². The van der Waals surface area contributed by atoms with E-state index >= 15 is 0 Å². The summed E-state index contributed by atoms with van der Waals surface area (Å²) in [5.41, 5.74) is 7.65. The van der Waals surface area contributed by atoms with E-state index in [1.54, 1.807) is 31.4 Å². The van der Waals surface area contributed by atoms with E-state index in [1.165, 1.54) is 17.4 Å². The number of nitrogens with one attached hydrogen (secondary N) is 1. The third-order valence-electron chi connectivity index (χ3n) is 2.22. The van der Waals surface area contributed by atoms with Crippen LogP contribution in [0.5, 0.6) is 0 Å². The summed E-state index contributed by atoms with van der Waals surface area (Å²) in [6, 6.07) is 4.71. The minimum Gasteiger partial charge on any atom is -0.399 e. The Labute approximate surface area is 110 Å².